The van der Waals surface area contributed by atoms with E-state index in [2.05, 4.69) is 16.7 Å². The van der Waals surface area contributed by atoms with Crippen molar-refractivity contribution in [3.8, 4) is 0 Å². The minimum atomic E-state index is 0.179. The zero-order valence-corrected chi connectivity index (χ0v) is 17.6. The maximum Gasteiger partial charge on any atom is 0.225 e. The van der Waals surface area contributed by atoms with E-state index >= 15 is 0 Å². The summed E-state index contributed by atoms with van der Waals surface area (Å²) >= 11 is 0. The van der Waals surface area contributed by atoms with E-state index in [1.165, 1.54) is 58.2 Å². The molecule has 4 nitrogen and oxygen atoms in total. The smallest absolute Gasteiger partial charge is 0.225 e. The Kier molecular flexibility index (Phi) is 7.75. The van der Waals surface area contributed by atoms with Crippen LogP contribution in [-0.2, 0) is 9.59 Å². The summed E-state index contributed by atoms with van der Waals surface area (Å²) in [5, 5.41) is 0. The van der Waals surface area contributed by atoms with Crippen molar-refractivity contribution in [2.45, 2.75) is 78.1 Å². The summed E-state index contributed by atoms with van der Waals surface area (Å²) in [6, 6.07) is 0. The maximum absolute atomic E-state index is 12.8. The molecule has 2 saturated heterocycles. The van der Waals surface area contributed by atoms with Crippen LogP contribution < -0.4 is 0 Å². The Morgan fingerprint density at radius 1 is 0.815 bits per heavy atom. The van der Waals surface area contributed by atoms with Crippen LogP contribution in [0.15, 0.2) is 0 Å². The molecule has 0 bridgehead atoms. The van der Waals surface area contributed by atoms with Gasteiger partial charge in [-0.15, -0.1) is 0 Å². The zero-order valence-electron chi connectivity index (χ0n) is 17.6. The lowest BCUT2D eigenvalue weighted by Gasteiger charge is -2.36. The highest BCUT2D eigenvalue weighted by Gasteiger charge is 2.32. The van der Waals surface area contributed by atoms with Crippen molar-refractivity contribution in [3.05, 3.63) is 0 Å². The SMILES string of the molecule is CC(=O)C1CCC(C(=O)N2CCC(CCCN3CCC(C)CC3)CC2)CC1. The molecule has 0 N–H and O–H groups in total. The van der Waals surface area contributed by atoms with Crippen molar-refractivity contribution in [2.24, 2.45) is 23.7 Å². The Labute approximate surface area is 166 Å². The number of nitrogens with zero attached hydrogens (tertiary/aromatic N) is 2. The first-order valence-electron chi connectivity index (χ1n) is 11.5. The molecule has 2 aliphatic heterocycles. The summed E-state index contributed by atoms with van der Waals surface area (Å²) in [5.74, 6) is 2.80. The predicted octanol–water partition coefficient (Wildman–Crippen LogP) is 4.13. The van der Waals surface area contributed by atoms with Crippen molar-refractivity contribution in [2.75, 3.05) is 32.7 Å². The molecule has 0 aromatic rings. The Morgan fingerprint density at radius 3 is 2.00 bits per heavy atom. The van der Waals surface area contributed by atoms with Crippen molar-refractivity contribution in [3.63, 3.8) is 0 Å². The monoisotopic (exact) mass is 376 g/mol. The van der Waals surface area contributed by atoms with Gasteiger partial charge in [-0.2, -0.15) is 0 Å². The van der Waals surface area contributed by atoms with Gasteiger partial charge in [0.15, 0.2) is 0 Å². The van der Waals surface area contributed by atoms with Crippen LogP contribution in [0.2, 0.25) is 0 Å². The predicted molar refractivity (Wildman–Crippen MR) is 110 cm³/mol. The molecule has 3 rings (SSSR count). The number of ketones is 1. The second kappa shape index (κ2) is 10.0. The van der Waals surface area contributed by atoms with Gasteiger partial charge in [0.25, 0.3) is 0 Å². The number of hydrogen-bond acceptors (Lipinski definition) is 3. The third kappa shape index (κ3) is 6.04. The molecule has 0 aromatic heterocycles. The topological polar surface area (TPSA) is 40.6 Å². The van der Waals surface area contributed by atoms with E-state index in [9.17, 15) is 9.59 Å². The fraction of sp³-hybridized carbons (Fsp3) is 0.913. The number of hydrogen-bond donors (Lipinski definition) is 0. The third-order valence-electron chi connectivity index (χ3n) is 7.54. The van der Waals surface area contributed by atoms with E-state index in [4.69, 9.17) is 0 Å². The lowest BCUT2D eigenvalue weighted by molar-refractivity contribution is -0.139. The van der Waals surface area contributed by atoms with Crippen LogP contribution in [0.4, 0.5) is 0 Å². The fourth-order valence-corrected chi connectivity index (χ4v) is 5.34. The molecule has 0 aromatic carbocycles. The first kappa shape index (κ1) is 20.8. The van der Waals surface area contributed by atoms with Crippen LogP contribution >= 0.6 is 0 Å². The zero-order chi connectivity index (χ0) is 19.2. The number of rotatable bonds is 6. The number of amides is 1. The fourth-order valence-electron chi connectivity index (χ4n) is 5.34. The summed E-state index contributed by atoms with van der Waals surface area (Å²) in [4.78, 5) is 29.1. The second-order valence-corrected chi connectivity index (χ2v) is 9.59. The first-order valence-corrected chi connectivity index (χ1v) is 11.5. The quantitative estimate of drug-likeness (QED) is 0.700. The molecule has 1 aliphatic carbocycles. The molecule has 4 heteroatoms. The van der Waals surface area contributed by atoms with E-state index < -0.39 is 0 Å². The van der Waals surface area contributed by atoms with Crippen LogP contribution in [0.1, 0.15) is 78.1 Å². The van der Waals surface area contributed by atoms with Gasteiger partial charge in [0.05, 0.1) is 0 Å². The Bertz CT molecular complexity index is 483. The number of piperidine rings is 2. The van der Waals surface area contributed by atoms with Gasteiger partial charge >= 0.3 is 0 Å². The minimum absolute atomic E-state index is 0.179. The van der Waals surface area contributed by atoms with E-state index in [1.54, 1.807) is 6.92 Å². The Morgan fingerprint density at radius 2 is 1.41 bits per heavy atom. The molecular weight excluding hydrogens is 336 g/mol. The summed E-state index contributed by atoms with van der Waals surface area (Å²) in [6.07, 6.45) is 11.4. The molecule has 0 spiro atoms. The average molecular weight is 377 g/mol. The average Bonchev–Trinajstić information content (AvgIpc) is 2.69. The highest BCUT2D eigenvalue weighted by Crippen LogP contribution is 2.32. The van der Waals surface area contributed by atoms with Crippen molar-refractivity contribution in [1.29, 1.82) is 0 Å². The van der Waals surface area contributed by atoms with Crippen molar-refractivity contribution < 1.29 is 9.59 Å². The third-order valence-corrected chi connectivity index (χ3v) is 7.54. The first-order chi connectivity index (χ1) is 13.0. The number of Topliss-reactive ketones (excluding diaryl/α,β-unsaturated/α-hetero) is 1. The van der Waals surface area contributed by atoms with Crippen LogP contribution in [0.3, 0.4) is 0 Å². The van der Waals surface area contributed by atoms with Crippen molar-refractivity contribution >= 4 is 11.7 Å². The summed E-state index contributed by atoms with van der Waals surface area (Å²) in [7, 11) is 0. The number of likely N-dealkylation sites (tertiary alicyclic amines) is 2. The van der Waals surface area contributed by atoms with Crippen LogP contribution in [0.25, 0.3) is 0 Å². The molecule has 0 unspecified atom stereocenters. The molecule has 0 atom stereocenters. The number of carbonyl (C=O) groups is 2. The van der Waals surface area contributed by atoms with Gasteiger partial charge in [-0.25, -0.2) is 0 Å². The van der Waals surface area contributed by atoms with Crippen LogP contribution in [0.5, 0.6) is 0 Å². The summed E-state index contributed by atoms with van der Waals surface area (Å²) in [5.41, 5.74) is 0. The highest BCUT2D eigenvalue weighted by atomic mass is 16.2. The Balaban J connectivity index is 1.30. The van der Waals surface area contributed by atoms with Gasteiger partial charge in [-0.05, 0) is 103 Å². The lowest BCUT2D eigenvalue weighted by Crippen LogP contribution is -2.43. The van der Waals surface area contributed by atoms with Gasteiger partial charge in [-0.1, -0.05) is 6.92 Å². The molecule has 1 saturated carbocycles. The molecular formula is C23H40N2O2. The van der Waals surface area contributed by atoms with Gasteiger partial charge in [0, 0.05) is 24.9 Å². The van der Waals surface area contributed by atoms with Gasteiger partial charge in [0.1, 0.15) is 5.78 Å². The molecule has 154 valence electrons. The lowest BCUT2D eigenvalue weighted by atomic mass is 9.79. The molecule has 27 heavy (non-hydrogen) atoms. The highest BCUT2D eigenvalue weighted by molar-refractivity contribution is 5.81. The molecule has 3 fully saturated rings. The largest absolute Gasteiger partial charge is 0.342 e. The minimum Gasteiger partial charge on any atom is -0.342 e. The molecule has 2 heterocycles. The van der Waals surface area contributed by atoms with E-state index in [-0.39, 0.29) is 11.8 Å². The molecule has 1 amide bonds. The Hall–Kier alpha value is -0.900. The van der Waals surface area contributed by atoms with E-state index in [0.717, 1.165) is 50.6 Å². The normalized spacial score (nSPS) is 29.0. The van der Waals surface area contributed by atoms with Crippen molar-refractivity contribution in [1.82, 2.24) is 9.80 Å². The van der Waals surface area contributed by atoms with Gasteiger partial charge in [0.2, 0.25) is 5.91 Å². The standard InChI is InChI=1S/C23H40N2O2/c1-18-9-14-24(15-10-18)13-3-4-20-11-16-25(17-12-20)23(27)22-7-5-21(6-8-22)19(2)26/h18,20-22H,3-17H2,1-2H3. The van der Waals surface area contributed by atoms with Crippen LogP contribution in [0, 0.1) is 23.7 Å². The van der Waals surface area contributed by atoms with E-state index in [0.29, 0.717) is 11.7 Å². The second-order valence-electron chi connectivity index (χ2n) is 9.59. The number of carbonyl (C=O) groups excluding carboxylic acids is 2. The van der Waals surface area contributed by atoms with Gasteiger partial charge < -0.3 is 9.80 Å². The maximum atomic E-state index is 12.8. The molecule has 3 aliphatic rings. The summed E-state index contributed by atoms with van der Waals surface area (Å²) < 4.78 is 0. The molecule has 0 radical (unpaired) electrons. The van der Waals surface area contributed by atoms with E-state index in [1.807, 2.05) is 0 Å². The van der Waals surface area contributed by atoms with Gasteiger partial charge in [-0.3, -0.25) is 9.59 Å². The van der Waals surface area contributed by atoms with Crippen LogP contribution in [-0.4, -0.2) is 54.2 Å². The summed E-state index contributed by atoms with van der Waals surface area (Å²) in [6.45, 7) is 9.84.